The fourth-order valence-corrected chi connectivity index (χ4v) is 4.13. The van der Waals surface area contributed by atoms with Gasteiger partial charge in [-0.2, -0.15) is 0 Å². The van der Waals surface area contributed by atoms with E-state index in [9.17, 15) is 0 Å². The molecule has 0 amide bonds. The number of hydrogen-bond acceptors (Lipinski definition) is 0. The summed E-state index contributed by atoms with van der Waals surface area (Å²) in [4.78, 5) is 0. The van der Waals surface area contributed by atoms with Gasteiger partial charge in [0.15, 0.2) is 0 Å². The average Bonchev–Trinajstić information content (AvgIpc) is 2.62. The number of rotatable bonds is 2. The van der Waals surface area contributed by atoms with Crippen LogP contribution in [0.1, 0.15) is 55.2 Å². The molecule has 0 N–H and O–H groups in total. The fraction of sp³-hybridized carbons (Fsp3) is 0.625. The molecule has 0 aliphatic heterocycles. The molecular formula is C16H22Cl2. The summed E-state index contributed by atoms with van der Waals surface area (Å²) in [5, 5.41) is 0.948. The van der Waals surface area contributed by atoms with Gasteiger partial charge in [0.2, 0.25) is 0 Å². The SMILES string of the molecule is Cc1cc(C(Cl)C2CCCC2(C)C)c(C)cc1Cl. The molecule has 0 saturated heterocycles. The third-order valence-corrected chi connectivity index (χ3v) is 5.48. The molecule has 0 radical (unpaired) electrons. The number of aryl methyl sites for hydroxylation is 2. The van der Waals surface area contributed by atoms with Crippen LogP contribution in [0.25, 0.3) is 0 Å². The molecule has 1 aromatic rings. The van der Waals surface area contributed by atoms with Crippen molar-refractivity contribution in [3.8, 4) is 0 Å². The second-order valence-electron chi connectivity index (χ2n) is 6.35. The first kappa shape index (κ1) is 14.2. The van der Waals surface area contributed by atoms with Gasteiger partial charge in [0.05, 0.1) is 5.38 Å². The lowest BCUT2D eigenvalue weighted by atomic mass is 9.77. The first-order chi connectivity index (χ1) is 8.33. The second kappa shape index (κ2) is 5.06. The Labute approximate surface area is 121 Å². The van der Waals surface area contributed by atoms with Crippen molar-refractivity contribution in [2.45, 2.75) is 52.3 Å². The summed E-state index contributed by atoms with van der Waals surface area (Å²) >= 11 is 12.9. The Morgan fingerprint density at radius 3 is 2.44 bits per heavy atom. The molecule has 2 unspecified atom stereocenters. The predicted molar refractivity (Wildman–Crippen MR) is 80.6 cm³/mol. The fourth-order valence-electron chi connectivity index (χ4n) is 3.21. The van der Waals surface area contributed by atoms with Crippen LogP contribution in [0, 0.1) is 25.2 Å². The van der Waals surface area contributed by atoms with Crippen molar-refractivity contribution < 1.29 is 0 Å². The zero-order valence-corrected chi connectivity index (χ0v) is 13.2. The molecule has 1 fully saturated rings. The lowest BCUT2D eigenvalue weighted by molar-refractivity contribution is 0.252. The van der Waals surface area contributed by atoms with Gasteiger partial charge in [0, 0.05) is 5.02 Å². The summed E-state index contributed by atoms with van der Waals surface area (Å²) in [5.74, 6) is 0.568. The summed E-state index contributed by atoms with van der Waals surface area (Å²) < 4.78 is 0. The molecule has 18 heavy (non-hydrogen) atoms. The Balaban J connectivity index is 2.34. The lowest BCUT2D eigenvalue weighted by Crippen LogP contribution is -2.22. The Hall–Kier alpha value is -0.200. The highest BCUT2D eigenvalue weighted by Crippen LogP contribution is 2.51. The van der Waals surface area contributed by atoms with E-state index in [1.807, 2.05) is 6.07 Å². The van der Waals surface area contributed by atoms with E-state index >= 15 is 0 Å². The largest absolute Gasteiger partial charge is 0.117 e. The summed E-state index contributed by atoms with van der Waals surface area (Å²) in [7, 11) is 0. The molecular weight excluding hydrogens is 263 g/mol. The molecule has 2 atom stereocenters. The van der Waals surface area contributed by atoms with Crippen LogP contribution >= 0.6 is 23.2 Å². The smallest absolute Gasteiger partial charge is 0.0621 e. The molecule has 2 rings (SSSR count). The van der Waals surface area contributed by atoms with E-state index in [0.29, 0.717) is 11.3 Å². The molecule has 0 spiro atoms. The van der Waals surface area contributed by atoms with E-state index in [4.69, 9.17) is 23.2 Å². The average molecular weight is 285 g/mol. The zero-order chi connectivity index (χ0) is 13.5. The van der Waals surface area contributed by atoms with E-state index in [0.717, 1.165) is 10.6 Å². The Bertz CT molecular complexity index is 449. The van der Waals surface area contributed by atoms with Gasteiger partial charge in [-0.05, 0) is 60.8 Å². The molecule has 1 aliphatic rings. The van der Waals surface area contributed by atoms with Crippen LogP contribution in [-0.4, -0.2) is 0 Å². The number of benzene rings is 1. The van der Waals surface area contributed by atoms with Gasteiger partial charge in [-0.1, -0.05) is 37.9 Å². The van der Waals surface area contributed by atoms with Gasteiger partial charge in [-0.3, -0.25) is 0 Å². The molecule has 0 aromatic heterocycles. The summed E-state index contributed by atoms with van der Waals surface area (Å²) in [6.45, 7) is 8.85. The summed E-state index contributed by atoms with van der Waals surface area (Å²) in [6, 6.07) is 4.22. The minimum atomic E-state index is 0.110. The first-order valence-electron chi connectivity index (χ1n) is 6.73. The van der Waals surface area contributed by atoms with Crippen molar-refractivity contribution in [1.82, 2.24) is 0 Å². The highest BCUT2D eigenvalue weighted by atomic mass is 35.5. The van der Waals surface area contributed by atoms with Gasteiger partial charge in [-0.25, -0.2) is 0 Å². The van der Waals surface area contributed by atoms with Crippen LogP contribution in [-0.2, 0) is 0 Å². The summed E-state index contributed by atoms with van der Waals surface area (Å²) in [5.41, 5.74) is 3.96. The second-order valence-corrected chi connectivity index (χ2v) is 7.22. The Morgan fingerprint density at radius 1 is 1.22 bits per heavy atom. The van der Waals surface area contributed by atoms with E-state index in [-0.39, 0.29) is 5.38 Å². The molecule has 0 bridgehead atoms. The van der Waals surface area contributed by atoms with Gasteiger partial charge >= 0.3 is 0 Å². The van der Waals surface area contributed by atoms with Crippen molar-refractivity contribution in [3.05, 3.63) is 33.8 Å². The van der Waals surface area contributed by atoms with Crippen molar-refractivity contribution in [2.24, 2.45) is 11.3 Å². The maximum Gasteiger partial charge on any atom is 0.0621 e. The monoisotopic (exact) mass is 284 g/mol. The van der Waals surface area contributed by atoms with Crippen LogP contribution in [0.5, 0.6) is 0 Å². The minimum Gasteiger partial charge on any atom is -0.117 e. The third-order valence-electron chi connectivity index (χ3n) is 4.54. The zero-order valence-electron chi connectivity index (χ0n) is 11.7. The highest BCUT2D eigenvalue weighted by Gasteiger charge is 2.39. The highest BCUT2D eigenvalue weighted by molar-refractivity contribution is 6.31. The molecule has 1 aliphatic carbocycles. The van der Waals surface area contributed by atoms with Crippen molar-refractivity contribution in [2.75, 3.05) is 0 Å². The number of halogens is 2. The summed E-state index contributed by atoms with van der Waals surface area (Å²) in [6.07, 6.45) is 3.82. The van der Waals surface area contributed by atoms with Crippen molar-refractivity contribution in [3.63, 3.8) is 0 Å². The quantitative estimate of drug-likeness (QED) is 0.579. The number of alkyl halides is 1. The molecule has 1 aromatic carbocycles. The standard InChI is InChI=1S/C16H22Cl2/c1-10-9-14(17)11(2)8-12(10)15(18)13-6-5-7-16(13,3)4/h8-9,13,15H,5-7H2,1-4H3. The van der Waals surface area contributed by atoms with Crippen molar-refractivity contribution in [1.29, 1.82) is 0 Å². The van der Waals surface area contributed by atoms with E-state index in [1.54, 1.807) is 0 Å². The van der Waals surface area contributed by atoms with Gasteiger partial charge in [0.1, 0.15) is 0 Å². The van der Waals surface area contributed by atoms with E-state index in [1.165, 1.54) is 30.4 Å². The van der Waals surface area contributed by atoms with Crippen LogP contribution in [0.15, 0.2) is 12.1 Å². The van der Waals surface area contributed by atoms with Crippen LogP contribution in [0.2, 0.25) is 5.02 Å². The number of hydrogen-bond donors (Lipinski definition) is 0. The molecule has 0 nitrogen and oxygen atoms in total. The normalized spacial score (nSPS) is 24.2. The maximum atomic E-state index is 6.78. The predicted octanol–water partition coefficient (Wildman–Crippen LogP) is 6.06. The topological polar surface area (TPSA) is 0 Å². The van der Waals surface area contributed by atoms with Gasteiger partial charge in [-0.15, -0.1) is 11.6 Å². The van der Waals surface area contributed by atoms with Crippen LogP contribution in [0.3, 0.4) is 0 Å². The molecule has 2 heteroatoms. The third kappa shape index (κ3) is 2.56. The molecule has 1 saturated carbocycles. The van der Waals surface area contributed by atoms with Gasteiger partial charge in [0.25, 0.3) is 0 Å². The minimum absolute atomic E-state index is 0.110. The molecule has 100 valence electrons. The maximum absolute atomic E-state index is 6.78. The van der Waals surface area contributed by atoms with Gasteiger partial charge < -0.3 is 0 Å². The lowest BCUT2D eigenvalue weighted by Gasteiger charge is -2.32. The van der Waals surface area contributed by atoms with Crippen LogP contribution < -0.4 is 0 Å². The molecule has 0 heterocycles. The Morgan fingerprint density at radius 2 is 1.89 bits per heavy atom. The first-order valence-corrected chi connectivity index (χ1v) is 7.55. The van der Waals surface area contributed by atoms with E-state index in [2.05, 4.69) is 33.8 Å². The Kier molecular flexibility index (Phi) is 3.99. The van der Waals surface area contributed by atoms with Crippen LogP contribution in [0.4, 0.5) is 0 Å². The van der Waals surface area contributed by atoms with E-state index < -0.39 is 0 Å². The van der Waals surface area contributed by atoms with Crippen molar-refractivity contribution >= 4 is 23.2 Å².